The Morgan fingerprint density at radius 1 is 1.80 bits per heavy atom. The molecule has 0 aliphatic carbocycles. The Hall–Kier alpha value is -0.500. The molecular formula is C3H4NO. The van der Waals surface area contributed by atoms with E-state index in [4.69, 9.17) is 5.11 Å². The highest BCUT2D eigenvalue weighted by atomic mass is 16.3. The number of rotatable bonds is 0. The van der Waals surface area contributed by atoms with Crippen LogP contribution in [0.15, 0.2) is 12.3 Å². The van der Waals surface area contributed by atoms with Crippen LogP contribution in [0.1, 0.15) is 0 Å². The van der Waals surface area contributed by atoms with E-state index in [0.29, 0.717) is 0 Å². The lowest BCUT2D eigenvalue weighted by molar-refractivity contribution is 0.294. The second-order valence-electron chi connectivity index (χ2n) is 0.863. The average molecular weight is 70.1 g/mol. The topological polar surface area (TPSA) is 32.3 Å². The SMILES string of the molecule is O[C]1C=CN1. The Morgan fingerprint density at radius 2 is 2.20 bits per heavy atom. The van der Waals surface area contributed by atoms with Crippen LogP contribution in [-0.4, -0.2) is 5.11 Å². The number of hydrogen-bond donors (Lipinski definition) is 2. The number of aliphatic hydroxyl groups excluding tert-OH is 1. The molecule has 0 spiro atoms. The molecule has 0 unspecified atom stereocenters. The monoisotopic (exact) mass is 70.0 g/mol. The van der Waals surface area contributed by atoms with E-state index in [1.54, 1.807) is 12.3 Å². The average Bonchev–Trinajstić information content (AvgIpc) is 1.30. The molecule has 0 fully saturated rings. The van der Waals surface area contributed by atoms with Gasteiger partial charge in [-0.05, 0) is 6.08 Å². The molecule has 0 aromatic heterocycles. The molecule has 0 bridgehead atoms. The van der Waals surface area contributed by atoms with Crippen LogP contribution in [0.3, 0.4) is 0 Å². The predicted molar refractivity (Wildman–Crippen MR) is 17.5 cm³/mol. The Morgan fingerprint density at radius 3 is 2.20 bits per heavy atom. The molecule has 1 rings (SSSR count). The summed E-state index contributed by atoms with van der Waals surface area (Å²) in [6.45, 7) is 0. The van der Waals surface area contributed by atoms with Gasteiger partial charge in [-0.3, -0.25) is 0 Å². The molecular weight excluding hydrogens is 66.0 g/mol. The molecule has 27 valence electrons. The van der Waals surface area contributed by atoms with Gasteiger partial charge in [-0.15, -0.1) is 0 Å². The minimum atomic E-state index is 0.255. The third kappa shape index (κ3) is 0.260. The van der Waals surface area contributed by atoms with E-state index in [1.165, 1.54) is 0 Å². The van der Waals surface area contributed by atoms with Crippen molar-refractivity contribution in [3.63, 3.8) is 0 Å². The maximum absolute atomic E-state index is 8.17. The Kier molecular flexibility index (Phi) is 0.394. The molecule has 1 aliphatic heterocycles. The summed E-state index contributed by atoms with van der Waals surface area (Å²) in [5.41, 5.74) is 0. The van der Waals surface area contributed by atoms with E-state index in [1.807, 2.05) is 0 Å². The van der Waals surface area contributed by atoms with Gasteiger partial charge in [0.05, 0.1) is 0 Å². The predicted octanol–water partition coefficient (Wildman–Crippen LogP) is -0.0347. The highest BCUT2D eigenvalue weighted by Gasteiger charge is 2.00. The van der Waals surface area contributed by atoms with Gasteiger partial charge in [-0.25, -0.2) is 0 Å². The Bertz CT molecular complexity index is 59.9. The van der Waals surface area contributed by atoms with E-state index in [-0.39, 0.29) is 6.23 Å². The number of nitrogens with one attached hydrogen (secondary N) is 1. The van der Waals surface area contributed by atoms with E-state index in [2.05, 4.69) is 5.32 Å². The highest BCUT2D eigenvalue weighted by Crippen LogP contribution is 1.96. The number of aliphatic hydroxyl groups is 1. The minimum absolute atomic E-state index is 0.255. The van der Waals surface area contributed by atoms with Crippen LogP contribution >= 0.6 is 0 Å². The first-order chi connectivity index (χ1) is 2.39. The summed E-state index contributed by atoms with van der Waals surface area (Å²) in [5, 5.41) is 10.7. The normalized spacial score (nSPS) is 21.0. The smallest absolute Gasteiger partial charge is 0.209 e. The van der Waals surface area contributed by atoms with E-state index in [9.17, 15) is 0 Å². The van der Waals surface area contributed by atoms with Gasteiger partial charge in [-0.2, -0.15) is 0 Å². The third-order valence-corrected chi connectivity index (χ3v) is 0.472. The van der Waals surface area contributed by atoms with Gasteiger partial charge in [0.25, 0.3) is 0 Å². The van der Waals surface area contributed by atoms with Crippen molar-refractivity contribution in [3.05, 3.63) is 18.5 Å². The van der Waals surface area contributed by atoms with Crippen molar-refractivity contribution in [2.24, 2.45) is 0 Å². The van der Waals surface area contributed by atoms with Gasteiger partial charge < -0.3 is 10.4 Å². The first kappa shape index (κ1) is 2.72. The summed E-state index contributed by atoms with van der Waals surface area (Å²) in [6, 6.07) is 0. The van der Waals surface area contributed by atoms with Crippen molar-refractivity contribution in [2.45, 2.75) is 0 Å². The maximum Gasteiger partial charge on any atom is 0.209 e. The van der Waals surface area contributed by atoms with Crippen LogP contribution in [-0.2, 0) is 0 Å². The third-order valence-electron chi connectivity index (χ3n) is 0.472. The summed E-state index contributed by atoms with van der Waals surface area (Å²) < 4.78 is 0. The molecule has 5 heavy (non-hydrogen) atoms. The van der Waals surface area contributed by atoms with Crippen molar-refractivity contribution >= 4 is 0 Å². The fourth-order valence-electron chi connectivity index (χ4n) is 0.158. The molecule has 0 saturated carbocycles. The molecule has 0 atom stereocenters. The van der Waals surface area contributed by atoms with Crippen LogP contribution in [0, 0.1) is 6.23 Å². The minimum Gasteiger partial charge on any atom is -0.363 e. The lowest BCUT2D eigenvalue weighted by Crippen LogP contribution is -2.19. The first-order valence-electron chi connectivity index (χ1n) is 1.38. The van der Waals surface area contributed by atoms with Gasteiger partial charge >= 0.3 is 0 Å². The lowest BCUT2D eigenvalue weighted by Gasteiger charge is -2.09. The van der Waals surface area contributed by atoms with Crippen LogP contribution < -0.4 is 5.32 Å². The molecule has 2 nitrogen and oxygen atoms in total. The van der Waals surface area contributed by atoms with Crippen molar-refractivity contribution < 1.29 is 5.11 Å². The molecule has 2 heteroatoms. The second kappa shape index (κ2) is 0.723. The molecule has 0 aromatic carbocycles. The van der Waals surface area contributed by atoms with Crippen LogP contribution in [0.5, 0.6) is 0 Å². The van der Waals surface area contributed by atoms with Crippen LogP contribution in [0.2, 0.25) is 0 Å². The summed E-state index contributed by atoms with van der Waals surface area (Å²) in [5.74, 6) is 0. The van der Waals surface area contributed by atoms with E-state index < -0.39 is 0 Å². The van der Waals surface area contributed by atoms with E-state index in [0.717, 1.165) is 0 Å². The highest BCUT2D eigenvalue weighted by molar-refractivity contribution is 5.11. The fourth-order valence-corrected chi connectivity index (χ4v) is 0.158. The molecule has 1 aliphatic rings. The van der Waals surface area contributed by atoms with Crippen LogP contribution in [0.4, 0.5) is 0 Å². The second-order valence-corrected chi connectivity index (χ2v) is 0.863. The van der Waals surface area contributed by atoms with Crippen molar-refractivity contribution in [3.8, 4) is 0 Å². The summed E-state index contributed by atoms with van der Waals surface area (Å²) in [6.07, 6.45) is 3.50. The van der Waals surface area contributed by atoms with Crippen molar-refractivity contribution in [2.75, 3.05) is 0 Å². The van der Waals surface area contributed by atoms with Gasteiger partial charge in [0.2, 0.25) is 6.23 Å². The molecule has 0 aromatic rings. The number of hydrogen-bond acceptors (Lipinski definition) is 2. The van der Waals surface area contributed by atoms with Crippen molar-refractivity contribution in [1.29, 1.82) is 0 Å². The Labute approximate surface area is 30.1 Å². The van der Waals surface area contributed by atoms with E-state index >= 15 is 0 Å². The van der Waals surface area contributed by atoms with Crippen molar-refractivity contribution in [1.82, 2.24) is 5.32 Å². The lowest BCUT2D eigenvalue weighted by atomic mass is 10.4. The van der Waals surface area contributed by atoms with Crippen LogP contribution in [0.25, 0.3) is 0 Å². The van der Waals surface area contributed by atoms with Gasteiger partial charge in [0, 0.05) is 6.20 Å². The standard InChI is InChI=1S/C3H4NO/c5-3-1-2-4-3/h1-2,4-5H. The fraction of sp³-hybridized carbons (Fsp3) is 0. The molecule has 1 heterocycles. The van der Waals surface area contributed by atoms with Gasteiger partial charge in [-0.1, -0.05) is 0 Å². The molecule has 0 saturated heterocycles. The largest absolute Gasteiger partial charge is 0.363 e. The van der Waals surface area contributed by atoms with Gasteiger partial charge in [0.15, 0.2) is 0 Å². The molecule has 0 amide bonds. The zero-order valence-corrected chi connectivity index (χ0v) is 2.60. The summed E-state index contributed by atoms with van der Waals surface area (Å²) in [4.78, 5) is 0. The first-order valence-corrected chi connectivity index (χ1v) is 1.38. The van der Waals surface area contributed by atoms with Gasteiger partial charge in [0.1, 0.15) is 0 Å². The molecule has 1 radical (unpaired) electrons. The Balaban J connectivity index is 2.39. The maximum atomic E-state index is 8.17. The summed E-state index contributed by atoms with van der Waals surface area (Å²) >= 11 is 0. The zero-order valence-electron chi connectivity index (χ0n) is 2.60. The quantitative estimate of drug-likeness (QED) is 0.419. The zero-order chi connectivity index (χ0) is 3.70. The molecule has 2 N–H and O–H groups in total. The summed E-state index contributed by atoms with van der Waals surface area (Å²) in [7, 11) is 0.